The zero-order valence-corrected chi connectivity index (χ0v) is 28.2. The number of esters is 1. The molecule has 0 radical (unpaired) electrons. The van der Waals surface area contributed by atoms with Crippen molar-refractivity contribution in [3.05, 3.63) is 61.2 Å². The number of ether oxygens (including phenoxy) is 3. The molecule has 0 saturated carbocycles. The number of unbranched alkanes of at least 4 members (excludes halogenated alkanes) is 1. The van der Waals surface area contributed by atoms with E-state index in [0.29, 0.717) is 31.5 Å². The molecule has 2 N–H and O–H groups in total. The molecule has 8 atom stereocenters. The number of rotatable bonds is 18. The van der Waals surface area contributed by atoms with Crippen molar-refractivity contribution in [1.82, 2.24) is 15.1 Å². The van der Waals surface area contributed by atoms with E-state index in [4.69, 9.17) is 14.2 Å². The molecule has 3 fully saturated rings. The Hall–Kier alpha value is -3.06. The Morgan fingerprint density at radius 1 is 1.26 bits per heavy atom. The minimum Gasteiger partial charge on any atom is -0.455 e. The second-order valence-corrected chi connectivity index (χ2v) is 13.2. The molecule has 3 saturated heterocycles. The van der Waals surface area contributed by atoms with Crippen LogP contribution in [0.2, 0.25) is 0 Å². The van der Waals surface area contributed by atoms with E-state index in [-0.39, 0.29) is 42.8 Å². The smallest absolute Gasteiger partial charge is 0.313 e. The highest BCUT2D eigenvalue weighted by Gasteiger charge is 2.77. The van der Waals surface area contributed by atoms with E-state index < -0.39 is 53.6 Å². The Balaban J connectivity index is 1.69. The number of nitrogens with zero attached hydrogens (tertiary/aromatic N) is 2. The Bertz CT molecular complexity index is 1260. The molecule has 1 aromatic rings. The van der Waals surface area contributed by atoms with E-state index in [9.17, 15) is 24.3 Å². The number of carbonyl (C=O) groups is 4. The van der Waals surface area contributed by atoms with Gasteiger partial charge in [0.1, 0.15) is 17.7 Å². The molecule has 2 bridgehead atoms. The Morgan fingerprint density at radius 3 is 2.63 bits per heavy atom. The predicted octanol–water partition coefficient (Wildman–Crippen LogP) is 2.92. The van der Waals surface area contributed by atoms with Crippen LogP contribution in [0, 0.1) is 11.8 Å². The van der Waals surface area contributed by atoms with Gasteiger partial charge in [0.2, 0.25) is 17.7 Å². The van der Waals surface area contributed by atoms with Gasteiger partial charge in [0.15, 0.2) is 0 Å². The van der Waals surface area contributed by atoms with Crippen LogP contribution in [0.25, 0.3) is 0 Å². The molecule has 12 heteroatoms. The van der Waals surface area contributed by atoms with Gasteiger partial charge in [-0.05, 0) is 24.8 Å². The summed E-state index contributed by atoms with van der Waals surface area (Å²) in [6.45, 7) is 9.90. The number of methoxy groups -OCH3 is 1. The third-order valence-corrected chi connectivity index (χ3v) is 9.93. The first-order valence-corrected chi connectivity index (χ1v) is 16.9. The first-order valence-electron chi connectivity index (χ1n) is 16.0. The topological polar surface area (TPSA) is 135 Å². The highest BCUT2D eigenvalue weighted by atomic mass is 79.9. The van der Waals surface area contributed by atoms with E-state index in [0.717, 1.165) is 12.8 Å². The van der Waals surface area contributed by atoms with Gasteiger partial charge >= 0.3 is 5.97 Å². The number of likely N-dealkylation sites (tertiary alicyclic amines) is 1. The standard InChI is InChI=1S/C34H46BrN3O8/c1-5-8-15-25(40)36-24(21-44-4)28(22-13-11-10-12-14-22)45-33(43)26-27-31(41)38(18-19-39)30(34(27)20-23(35)29(26)46-34)32(42)37(16-7-3)17-9-6-2/h5,7,10-14,23-24,26-30,39H,1,3,6,8-9,15-21H2,2,4H3,(H,36,40)/t23?,24-,26+,27-,28-,29+,30+,34-/m1/s1. The summed E-state index contributed by atoms with van der Waals surface area (Å²) in [5.41, 5.74) is -0.648. The number of β-amino-alcohol motifs (C(OH)–C–C–N with tert-alkyl or cyclic N) is 1. The summed E-state index contributed by atoms with van der Waals surface area (Å²) in [7, 11) is 1.50. The average molecular weight is 705 g/mol. The predicted molar refractivity (Wildman–Crippen MR) is 175 cm³/mol. The molecule has 3 heterocycles. The lowest BCUT2D eigenvalue weighted by molar-refractivity contribution is -0.163. The van der Waals surface area contributed by atoms with Crippen molar-refractivity contribution in [2.75, 3.05) is 40.0 Å². The normalized spacial score (nSPS) is 27.5. The third kappa shape index (κ3) is 7.10. The van der Waals surface area contributed by atoms with Crippen molar-refractivity contribution in [3.8, 4) is 0 Å². The number of alkyl halides is 1. The summed E-state index contributed by atoms with van der Waals surface area (Å²) in [6.07, 6.45) is 4.29. The molecule has 3 amide bonds. The lowest BCUT2D eigenvalue weighted by Crippen LogP contribution is -2.57. The number of amides is 3. The van der Waals surface area contributed by atoms with Crippen molar-refractivity contribution < 1.29 is 38.5 Å². The molecule has 1 spiro atoms. The molecular formula is C34H46BrN3O8. The molecule has 0 aliphatic carbocycles. The fraction of sp³-hybridized carbons (Fsp3) is 0.588. The quantitative estimate of drug-likeness (QED) is 0.136. The van der Waals surface area contributed by atoms with Crippen LogP contribution in [0.1, 0.15) is 50.7 Å². The molecule has 4 rings (SSSR count). The number of carbonyl (C=O) groups excluding carboxylic acids is 4. The van der Waals surface area contributed by atoms with Crippen molar-refractivity contribution in [2.24, 2.45) is 11.8 Å². The van der Waals surface area contributed by atoms with Crippen molar-refractivity contribution in [2.45, 2.75) is 73.7 Å². The van der Waals surface area contributed by atoms with Crippen LogP contribution in [0.4, 0.5) is 0 Å². The maximum Gasteiger partial charge on any atom is 0.313 e. The first-order chi connectivity index (χ1) is 22.2. The summed E-state index contributed by atoms with van der Waals surface area (Å²) >= 11 is 3.68. The van der Waals surface area contributed by atoms with Crippen LogP contribution in [-0.4, -0.2) is 107 Å². The van der Waals surface area contributed by atoms with Crippen LogP contribution < -0.4 is 5.32 Å². The average Bonchev–Trinajstić information content (AvgIpc) is 3.64. The molecule has 1 unspecified atom stereocenters. The molecule has 11 nitrogen and oxygen atoms in total. The van der Waals surface area contributed by atoms with Crippen molar-refractivity contribution >= 4 is 39.6 Å². The molecule has 0 aromatic heterocycles. The SMILES string of the molecule is C=CCCC(=O)N[C@H](COC)[C@H](OC(=O)[C@@H]1[C@H]2O[C@@]3(CC2Br)[C@H](C(=O)N(CC=C)CCCC)N(CCO)C(=O)[C@@H]13)c1ccccc1. The molecular weight excluding hydrogens is 658 g/mol. The number of benzene rings is 1. The molecule has 46 heavy (non-hydrogen) atoms. The number of nitrogens with one attached hydrogen (secondary N) is 1. The number of aliphatic hydroxyl groups is 1. The number of hydrogen-bond acceptors (Lipinski definition) is 8. The number of hydrogen-bond donors (Lipinski definition) is 2. The van der Waals surface area contributed by atoms with Gasteiger partial charge in [-0.1, -0.05) is 71.8 Å². The van der Waals surface area contributed by atoms with E-state index >= 15 is 0 Å². The summed E-state index contributed by atoms with van der Waals surface area (Å²) in [5.74, 6) is -3.66. The van der Waals surface area contributed by atoms with Crippen LogP contribution >= 0.6 is 15.9 Å². The van der Waals surface area contributed by atoms with Gasteiger partial charge in [-0.25, -0.2) is 0 Å². The van der Waals surface area contributed by atoms with E-state index in [1.54, 1.807) is 41.3 Å². The minimum atomic E-state index is -1.29. The zero-order valence-electron chi connectivity index (χ0n) is 26.6. The first kappa shape index (κ1) is 35.8. The van der Waals surface area contributed by atoms with Gasteiger partial charge in [0, 0.05) is 38.0 Å². The Labute approximate surface area is 279 Å². The fourth-order valence-electron chi connectivity index (χ4n) is 7.12. The third-order valence-electron chi connectivity index (χ3n) is 9.08. The Morgan fingerprint density at radius 2 is 2.00 bits per heavy atom. The van der Waals surface area contributed by atoms with Gasteiger partial charge in [0.05, 0.1) is 37.2 Å². The van der Waals surface area contributed by atoms with E-state index in [1.807, 2.05) is 13.0 Å². The largest absolute Gasteiger partial charge is 0.455 e. The van der Waals surface area contributed by atoms with Crippen LogP contribution in [0.15, 0.2) is 55.6 Å². The number of fused-ring (bicyclic) bond motifs is 1. The van der Waals surface area contributed by atoms with Crippen molar-refractivity contribution in [3.63, 3.8) is 0 Å². The van der Waals surface area contributed by atoms with Crippen LogP contribution in [0.3, 0.4) is 0 Å². The van der Waals surface area contributed by atoms with Crippen molar-refractivity contribution in [1.29, 1.82) is 0 Å². The maximum absolute atomic E-state index is 14.3. The lowest BCUT2D eigenvalue weighted by Gasteiger charge is -2.37. The molecule has 252 valence electrons. The number of aliphatic hydroxyl groups excluding tert-OH is 1. The van der Waals surface area contributed by atoms with Gasteiger partial charge in [-0.2, -0.15) is 0 Å². The van der Waals surface area contributed by atoms with Gasteiger partial charge in [-0.15, -0.1) is 13.2 Å². The van der Waals surface area contributed by atoms with Gasteiger partial charge in [-0.3, -0.25) is 19.2 Å². The summed E-state index contributed by atoms with van der Waals surface area (Å²) in [4.78, 5) is 58.2. The number of allylic oxidation sites excluding steroid dienone is 1. The zero-order chi connectivity index (χ0) is 33.4. The highest BCUT2D eigenvalue weighted by molar-refractivity contribution is 9.09. The van der Waals surface area contributed by atoms with Gasteiger partial charge in [0.25, 0.3) is 0 Å². The second kappa shape index (κ2) is 16.2. The van der Waals surface area contributed by atoms with Crippen LogP contribution in [0.5, 0.6) is 0 Å². The second-order valence-electron chi connectivity index (χ2n) is 12.1. The van der Waals surface area contributed by atoms with E-state index in [2.05, 4.69) is 34.4 Å². The minimum absolute atomic E-state index is 0.0579. The summed E-state index contributed by atoms with van der Waals surface area (Å²) in [6, 6.07) is 7.29. The maximum atomic E-state index is 14.3. The molecule has 3 aliphatic heterocycles. The highest BCUT2D eigenvalue weighted by Crippen LogP contribution is 2.60. The molecule has 1 aromatic carbocycles. The van der Waals surface area contributed by atoms with E-state index in [1.165, 1.54) is 12.0 Å². The van der Waals surface area contributed by atoms with Gasteiger partial charge < -0.3 is 34.4 Å². The molecule has 3 aliphatic rings. The van der Waals surface area contributed by atoms with Crippen LogP contribution in [-0.2, 0) is 33.4 Å². The fourth-order valence-corrected chi connectivity index (χ4v) is 8.06. The Kier molecular flexibility index (Phi) is 12.6. The summed E-state index contributed by atoms with van der Waals surface area (Å²) in [5, 5.41) is 12.9. The lowest BCUT2D eigenvalue weighted by atomic mass is 9.70. The monoisotopic (exact) mass is 703 g/mol. The summed E-state index contributed by atoms with van der Waals surface area (Å²) < 4.78 is 18.3. The number of halogens is 1.